The van der Waals surface area contributed by atoms with E-state index in [2.05, 4.69) is 10.3 Å². The first-order valence-electron chi connectivity index (χ1n) is 8.33. The molecule has 2 N–H and O–H groups in total. The number of pyridine rings is 1. The van der Waals surface area contributed by atoms with E-state index in [4.69, 9.17) is 14.2 Å². The third-order valence-corrected chi connectivity index (χ3v) is 3.97. The van der Waals surface area contributed by atoms with Crippen LogP contribution >= 0.6 is 0 Å². The largest absolute Gasteiger partial charge is 0.497 e. The molecule has 144 valence electrons. The van der Waals surface area contributed by atoms with E-state index >= 15 is 0 Å². The zero-order valence-corrected chi connectivity index (χ0v) is 15.3. The lowest BCUT2D eigenvalue weighted by atomic mass is 10.2. The molecule has 0 saturated carbocycles. The lowest BCUT2D eigenvalue weighted by Gasteiger charge is -2.12. The van der Waals surface area contributed by atoms with E-state index in [0.29, 0.717) is 28.1 Å². The highest BCUT2D eigenvalue weighted by Gasteiger charge is 2.14. The van der Waals surface area contributed by atoms with Crippen LogP contribution in [0, 0.1) is 0 Å². The Hall–Kier alpha value is -3.81. The molecule has 0 saturated heterocycles. The van der Waals surface area contributed by atoms with Crippen LogP contribution in [0.5, 0.6) is 11.5 Å². The fourth-order valence-corrected chi connectivity index (χ4v) is 2.60. The summed E-state index contributed by atoms with van der Waals surface area (Å²) in [6.45, 7) is -0.525. The number of rotatable bonds is 6. The maximum Gasteiger partial charge on any atom is 0.355 e. The van der Waals surface area contributed by atoms with Gasteiger partial charge in [-0.15, -0.1) is 0 Å². The summed E-state index contributed by atoms with van der Waals surface area (Å²) in [6.07, 6.45) is 0. The van der Waals surface area contributed by atoms with Crippen LogP contribution in [0.1, 0.15) is 10.5 Å². The molecular weight excluding hydrogens is 364 g/mol. The molecule has 2 aromatic carbocycles. The van der Waals surface area contributed by atoms with Gasteiger partial charge in [0.15, 0.2) is 12.0 Å². The van der Waals surface area contributed by atoms with Gasteiger partial charge >= 0.3 is 5.97 Å². The molecular formula is C20H18N2O6. The van der Waals surface area contributed by atoms with Crippen LogP contribution < -0.4 is 20.2 Å². The van der Waals surface area contributed by atoms with Crippen molar-refractivity contribution in [3.63, 3.8) is 0 Å². The topological polar surface area (TPSA) is 107 Å². The summed E-state index contributed by atoms with van der Waals surface area (Å²) in [6, 6.07) is 12.8. The van der Waals surface area contributed by atoms with Crippen LogP contribution in [-0.4, -0.2) is 37.7 Å². The van der Waals surface area contributed by atoms with Crippen molar-refractivity contribution < 1.29 is 23.8 Å². The highest BCUT2D eigenvalue weighted by Crippen LogP contribution is 2.28. The number of carbonyl (C=O) groups excluding carboxylic acids is 2. The number of hydrogen-bond donors (Lipinski definition) is 2. The van der Waals surface area contributed by atoms with E-state index in [1.165, 1.54) is 14.2 Å². The van der Waals surface area contributed by atoms with Gasteiger partial charge in [0.1, 0.15) is 17.2 Å². The van der Waals surface area contributed by atoms with Gasteiger partial charge < -0.3 is 24.5 Å². The molecule has 1 aromatic heterocycles. The van der Waals surface area contributed by atoms with E-state index in [-0.39, 0.29) is 11.1 Å². The van der Waals surface area contributed by atoms with E-state index in [0.717, 1.165) is 6.07 Å². The number of anilines is 1. The molecule has 8 nitrogen and oxygen atoms in total. The third-order valence-electron chi connectivity index (χ3n) is 3.97. The Kier molecular flexibility index (Phi) is 5.59. The van der Waals surface area contributed by atoms with Crippen LogP contribution in [0.3, 0.4) is 0 Å². The summed E-state index contributed by atoms with van der Waals surface area (Å²) >= 11 is 0. The number of hydrogen-bond acceptors (Lipinski definition) is 6. The molecule has 3 aromatic rings. The molecule has 8 heteroatoms. The molecule has 0 fully saturated rings. The van der Waals surface area contributed by atoms with Crippen molar-refractivity contribution in [1.29, 1.82) is 0 Å². The van der Waals surface area contributed by atoms with Gasteiger partial charge in [-0.3, -0.25) is 9.59 Å². The second kappa shape index (κ2) is 8.26. The number of fused-ring (bicyclic) bond motifs is 1. The van der Waals surface area contributed by atoms with Gasteiger partial charge in [0, 0.05) is 23.0 Å². The van der Waals surface area contributed by atoms with Gasteiger partial charge in [0.05, 0.1) is 19.9 Å². The first-order chi connectivity index (χ1) is 13.5. The SMILES string of the molecule is COc1ccc(NC(=O)COC(=O)c2cc(=O)c3ccccc3[nH]2)c(OC)c1. The Balaban J connectivity index is 1.66. The van der Waals surface area contributed by atoms with Gasteiger partial charge in [-0.1, -0.05) is 12.1 Å². The summed E-state index contributed by atoms with van der Waals surface area (Å²) in [5.74, 6) is -0.390. The molecule has 0 bridgehead atoms. The molecule has 1 heterocycles. The quantitative estimate of drug-likeness (QED) is 0.634. The highest BCUT2D eigenvalue weighted by molar-refractivity contribution is 5.96. The van der Waals surface area contributed by atoms with E-state index < -0.39 is 18.5 Å². The summed E-state index contributed by atoms with van der Waals surface area (Å²) in [7, 11) is 2.98. The number of ether oxygens (including phenoxy) is 3. The predicted octanol–water partition coefficient (Wildman–Crippen LogP) is 2.34. The van der Waals surface area contributed by atoms with Crippen molar-refractivity contribution >= 4 is 28.5 Å². The van der Waals surface area contributed by atoms with E-state index in [1.54, 1.807) is 42.5 Å². The van der Waals surface area contributed by atoms with Crippen molar-refractivity contribution in [1.82, 2.24) is 4.98 Å². The first-order valence-corrected chi connectivity index (χ1v) is 8.33. The van der Waals surface area contributed by atoms with Crippen molar-refractivity contribution in [2.45, 2.75) is 0 Å². The van der Waals surface area contributed by atoms with Crippen molar-refractivity contribution in [2.24, 2.45) is 0 Å². The third kappa shape index (κ3) is 4.12. The summed E-state index contributed by atoms with van der Waals surface area (Å²) in [4.78, 5) is 39.2. The number of H-pyrrole nitrogens is 1. The number of para-hydroxylation sites is 1. The second-order valence-corrected chi connectivity index (χ2v) is 5.78. The van der Waals surface area contributed by atoms with Gasteiger partial charge in [0.25, 0.3) is 5.91 Å². The number of amides is 1. The van der Waals surface area contributed by atoms with Crippen LogP contribution in [0.4, 0.5) is 5.69 Å². The minimum absolute atomic E-state index is 0.0291. The van der Waals surface area contributed by atoms with Crippen molar-refractivity contribution in [3.05, 3.63) is 64.4 Å². The lowest BCUT2D eigenvalue weighted by Crippen LogP contribution is -2.22. The summed E-state index contributed by atoms with van der Waals surface area (Å²) in [5.41, 5.74) is 0.574. The zero-order valence-electron chi connectivity index (χ0n) is 15.3. The number of benzene rings is 2. The number of carbonyl (C=O) groups is 2. The standard InChI is InChI=1S/C20H18N2O6/c1-26-12-7-8-15(18(9-12)27-2)22-19(24)11-28-20(25)16-10-17(23)13-5-3-4-6-14(13)21-16/h3-10H,11H2,1-2H3,(H,21,23)(H,22,24). The number of nitrogens with one attached hydrogen (secondary N) is 2. The molecule has 0 aliphatic rings. The predicted molar refractivity (Wildman–Crippen MR) is 103 cm³/mol. The normalized spacial score (nSPS) is 10.4. The van der Waals surface area contributed by atoms with Gasteiger partial charge in [-0.25, -0.2) is 4.79 Å². The van der Waals surface area contributed by atoms with Crippen molar-refractivity contribution in [3.8, 4) is 11.5 Å². The molecule has 0 atom stereocenters. The molecule has 0 radical (unpaired) electrons. The van der Waals surface area contributed by atoms with Crippen molar-refractivity contribution in [2.75, 3.05) is 26.1 Å². The van der Waals surface area contributed by atoms with Crippen LogP contribution in [0.15, 0.2) is 53.3 Å². The highest BCUT2D eigenvalue weighted by atomic mass is 16.5. The van der Waals surface area contributed by atoms with Crippen LogP contribution in [0.2, 0.25) is 0 Å². The summed E-state index contributed by atoms with van der Waals surface area (Å²) < 4.78 is 15.3. The molecule has 0 aliphatic carbocycles. The Bertz CT molecular complexity index is 1090. The van der Waals surface area contributed by atoms with Gasteiger partial charge in [-0.2, -0.15) is 0 Å². The lowest BCUT2D eigenvalue weighted by molar-refractivity contribution is -0.119. The molecule has 28 heavy (non-hydrogen) atoms. The van der Waals surface area contributed by atoms with Crippen LogP contribution in [-0.2, 0) is 9.53 Å². The molecule has 1 amide bonds. The fourth-order valence-electron chi connectivity index (χ4n) is 2.60. The number of methoxy groups -OCH3 is 2. The molecule has 0 unspecified atom stereocenters. The number of esters is 1. The Morgan fingerprint density at radius 2 is 1.82 bits per heavy atom. The Morgan fingerprint density at radius 1 is 1.04 bits per heavy atom. The Morgan fingerprint density at radius 3 is 2.57 bits per heavy atom. The summed E-state index contributed by atoms with van der Waals surface area (Å²) in [5, 5.41) is 3.05. The number of aromatic amines is 1. The first kappa shape index (κ1) is 19.0. The molecule has 0 spiro atoms. The fraction of sp³-hybridized carbons (Fsp3) is 0.150. The smallest absolute Gasteiger partial charge is 0.355 e. The zero-order chi connectivity index (χ0) is 20.1. The van der Waals surface area contributed by atoms with Crippen LogP contribution in [0.25, 0.3) is 10.9 Å². The minimum Gasteiger partial charge on any atom is -0.497 e. The second-order valence-electron chi connectivity index (χ2n) is 5.78. The maximum absolute atomic E-state index is 12.2. The van der Waals surface area contributed by atoms with E-state index in [9.17, 15) is 14.4 Å². The van der Waals surface area contributed by atoms with E-state index in [1.807, 2.05) is 0 Å². The molecule has 3 rings (SSSR count). The number of aromatic nitrogens is 1. The maximum atomic E-state index is 12.2. The monoisotopic (exact) mass is 382 g/mol. The average Bonchev–Trinajstić information content (AvgIpc) is 2.72. The average molecular weight is 382 g/mol. The van der Waals surface area contributed by atoms with Gasteiger partial charge in [0.2, 0.25) is 0 Å². The minimum atomic E-state index is -0.806. The van der Waals surface area contributed by atoms with Gasteiger partial charge in [-0.05, 0) is 24.3 Å². The molecule has 0 aliphatic heterocycles. The Labute approximate surface area is 160 Å².